The van der Waals surface area contributed by atoms with Crippen LogP contribution in [0.3, 0.4) is 0 Å². The van der Waals surface area contributed by atoms with Crippen LogP contribution in [0.2, 0.25) is 0 Å². The Morgan fingerprint density at radius 1 is 1.16 bits per heavy atom. The number of aryl methyl sites for hydroxylation is 1. The first-order valence-corrected chi connectivity index (χ1v) is 11.7. The number of aliphatic hydroxyl groups excluding tert-OH is 1. The summed E-state index contributed by atoms with van der Waals surface area (Å²) in [5, 5.41) is 18.2. The van der Waals surface area contributed by atoms with Crippen LogP contribution >= 0.6 is 0 Å². The van der Waals surface area contributed by atoms with Gasteiger partial charge in [-0.3, -0.25) is 9.59 Å². The van der Waals surface area contributed by atoms with Crippen molar-refractivity contribution in [3.05, 3.63) is 52.9 Å². The number of rotatable bonds is 9. The minimum atomic E-state index is -0.582. The number of amides is 2. The zero-order chi connectivity index (χ0) is 26.4. The van der Waals surface area contributed by atoms with E-state index in [0.29, 0.717) is 29.2 Å². The number of methoxy groups -OCH3 is 1. The Labute approximate surface area is 212 Å². The Balaban J connectivity index is 1.32. The van der Waals surface area contributed by atoms with Crippen molar-refractivity contribution in [1.82, 2.24) is 20.6 Å². The molecule has 1 aromatic carbocycles. The zero-order valence-corrected chi connectivity index (χ0v) is 20.4. The average molecular weight is 518 g/mol. The molecule has 3 N–H and O–H groups in total. The fraction of sp³-hybridized carbons (Fsp3) is 0.458. The monoisotopic (exact) mass is 517 g/mol. The smallest absolute Gasteiger partial charge is 0.270 e. The van der Waals surface area contributed by atoms with Crippen molar-refractivity contribution in [2.75, 3.05) is 33.5 Å². The number of aliphatic hydroxyl groups is 1. The van der Waals surface area contributed by atoms with Gasteiger partial charge in [-0.2, -0.15) is 0 Å². The first-order chi connectivity index (χ1) is 17.9. The number of nitrogens with zero attached hydrogens (tertiary/aromatic N) is 3. The first kappa shape index (κ1) is 26.4. The molecule has 198 valence electrons. The molecule has 1 fully saturated rings. The molecule has 1 saturated heterocycles. The Morgan fingerprint density at radius 3 is 2.73 bits per heavy atom. The van der Waals surface area contributed by atoms with E-state index in [9.17, 15) is 14.0 Å². The molecule has 0 spiro atoms. The second-order valence-electron chi connectivity index (χ2n) is 8.51. The maximum absolute atomic E-state index is 13.6. The first-order valence-electron chi connectivity index (χ1n) is 11.7. The van der Waals surface area contributed by atoms with Gasteiger partial charge in [0.05, 0.1) is 32.1 Å². The van der Waals surface area contributed by atoms with Crippen LogP contribution in [-0.4, -0.2) is 84.4 Å². The van der Waals surface area contributed by atoms with E-state index in [-0.39, 0.29) is 50.0 Å². The van der Waals surface area contributed by atoms with Crippen LogP contribution in [0.25, 0.3) is 0 Å². The van der Waals surface area contributed by atoms with Gasteiger partial charge in [0.1, 0.15) is 29.9 Å². The van der Waals surface area contributed by atoms with Gasteiger partial charge in [-0.25, -0.2) is 14.4 Å². The lowest BCUT2D eigenvalue weighted by Gasteiger charge is -2.31. The van der Waals surface area contributed by atoms with E-state index in [2.05, 4.69) is 25.8 Å². The minimum absolute atomic E-state index is 0.0945. The van der Waals surface area contributed by atoms with Gasteiger partial charge in [0.15, 0.2) is 17.7 Å². The summed E-state index contributed by atoms with van der Waals surface area (Å²) in [6, 6.07) is 5.89. The molecule has 12 nitrogen and oxygen atoms in total. The summed E-state index contributed by atoms with van der Waals surface area (Å²) in [5.74, 6) is -0.899. The SMILES string of the molecule is COc1cc(CNC(=O)c2cc(C3=NOC(C4COC(CNC(=O)CO)CO4)C3)nc(C)n2)ccc1F. The number of benzene rings is 1. The van der Waals surface area contributed by atoms with Gasteiger partial charge in [0, 0.05) is 19.5 Å². The highest BCUT2D eigenvalue weighted by atomic mass is 19.1. The molecule has 37 heavy (non-hydrogen) atoms. The number of carbonyl (C=O) groups is 2. The average Bonchev–Trinajstić information content (AvgIpc) is 3.41. The van der Waals surface area contributed by atoms with Gasteiger partial charge in [0.25, 0.3) is 5.91 Å². The Morgan fingerprint density at radius 2 is 2.00 bits per heavy atom. The molecular formula is C24H28FN5O7. The van der Waals surface area contributed by atoms with Crippen molar-refractivity contribution in [1.29, 1.82) is 0 Å². The van der Waals surface area contributed by atoms with E-state index in [1.807, 2.05) is 0 Å². The summed E-state index contributed by atoms with van der Waals surface area (Å²) in [4.78, 5) is 38.1. The number of nitrogens with one attached hydrogen (secondary N) is 2. The molecule has 0 aliphatic carbocycles. The largest absolute Gasteiger partial charge is 0.494 e. The molecule has 2 aliphatic rings. The molecule has 3 unspecified atom stereocenters. The predicted molar refractivity (Wildman–Crippen MR) is 126 cm³/mol. The lowest BCUT2D eigenvalue weighted by molar-refractivity contribution is -0.170. The standard InChI is InChI=1S/C24H28FN5O7/c1-13-28-17(6-19(29-13)24(33)27-8-14-3-4-16(25)20(5-14)34-2)18-7-21(37-30-18)22-12-35-15(11-36-22)9-26-23(32)10-31/h3-6,15,21-22,31H,7-12H2,1-2H3,(H,26,32)(H,27,33). The topological polar surface area (TPSA) is 153 Å². The van der Waals surface area contributed by atoms with E-state index in [1.54, 1.807) is 13.0 Å². The highest BCUT2D eigenvalue weighted by Crippen LogP contribution is 2.23. The Hall–Kier alpha value is -3.68. The highest BCUT2D eigenvalue weighted by molar-refractivity contribution is 6.02. The van der Waals surface area contributed by atoms with Crippen molar-refractivity contribution in [2.24, 2.45) is 5.16 Å². The maximum Gasteiger partial charge on any atom is 0.270 e. The van der Waals surface area contributed by atoms with Crippen LogP contribution < -0.4 is 15.4 Å². The van der Waals surface area contributed by atoms with Gasteiger partial charge in [-0.1, -0.05) is 11.2 Å². The lowest BCUT2D eigenvalue weighted by atomic mass is 10.0. The van der Waals surface area contributed by atoms with Crippen molar-refractivity contribution < 1.29 is 38.1 Å². The fourth-order valence-electron chi connectivity index (χ4n) is 3.84. The summed E-state index contributed by atoms with van der Waals surface area (Å²) >= 11 is 0. The predicted octanol–water partition coefficient (Wildman–Crippen LogP) is 0.248. The number of aromatic nitrogens is 2. The Bertz CT molecular complexity index is 1170. The summed E-state index contributed by atoms with van der Waals surface area (Å²) in [6.07, 6.45) is -0.698. The minimum Gasteiger partial charge on any atom is -0.494 e. The lowest BCUT2D eigenvalue weighted by Crippen LogP contribution is -2.47. The van der Waals surface area contributed by atoms with Crippen LogP contribution in [0, 0.1) is 12.7 Å². The summed E-state index contributed by atoms with van der Waals surface area (Å²) in [6.45, 7) is 1.98. The molecule has 4 rings (SSSR count). The molecule has 3 atom stereocenters. The van der Waals surface area contributed by atoms with Crippen molar-refractivity contribution in [3.63, 3.8) is 0 Å². The molecular weight excluding hydrogens is 489 g/mol. The Kier molecular flexibility index (Phi) is 8.58. The maximum atomic E-state index is 13.6. The van der Waals surface area contributed by atoms with Crippen LogP contribution in [0.15, 0.2) is 29.4 Å². The molecule has 0 saturated carbocycles. The van der Waals surface area contributed by atoms with Crippen LogP contribution in [0.4, 0.5) is 4.39 Å². The third-order valence-electron chi connectivity index (χ3n) is 5.81. The normalized spacial score (nSPS) is 21.1. The van der Waals surface area contributed by atoms with E-state index >= 15 is 0 Å². The zero-order valence-electron chi connectivity index (χ0n) is 20.4. The van der Waals surface area contributed by atoms with Gasteiger partial charge in [-0.05, 0) is 30.7 Å². The number of carbonyl (C=O) groups excluding carboxylic acids is 2. The summed E-state index contributed by atoms with van der Waals surface area (Å²) in [5.41, 5.74) is 1.84. The van der Waals surface area contributed by atoms with Crippen LogP contribution in [0.1, 0.15) is 34.0 Å². The van der Waals surface area contributed by atoms with Gasteiger partial charge < -0.3 is 34.8 Å². The molecule has 2 aliphatic heterocycles. The number of halogens is 1. The third-order valence-corrected chi connectivity index (χ3v) is 5.81. The molecule has 3 heterocycles. The van der Waals surface area contributed by atoms with E-state index in [1.165, 1.54) is 25.3 Å². The number of ether oxygens (including phenoxy) is 3. The number of hydrogen-bond acceptors (Lipinski definition) is 10. The van der Waals surface area contributed by atoms with Crippen LogP contribution in [-0.2, 0) is 25.7 Å². The van der Waals surface area contributed by atoms with Gasteiger partial charge in [0.2, 0.25) is 5.91 Å². The molecule has 0 radical (unpaired) electrons. The van der Waals surface area contributed by atoms with Crippen molar-refractivity contribution in [3.8, 4) is 5.75 Å². The number of hydrogen-bond donors (Lipinski definition) is 3. The van der Waals surface area contributed by atoms with Gasteiger partial charge >= 0.3 is 0 Å². The van der Waals surface area contributed by atoms with E-state index in [4.69, 9.17) is 24.2 Å². The second-order valence-corrected chi connectivity index (χ2v) is 8.51. The molecule has 0 bridgehead atoms. The quantitative estimate of drug-likeness (QED) is 0.425. The summed E-state index contributed by atoms with van der Waals surface area (Å²) in [7, 11) is 1.37. The van der Waals surface area contributed by atoms with Gasteiger partial charge in [-0.15, -0.1) is 0 Å². The number of oxime groups is 1. The molecule has 1 aromatic heterocycles. The van der Waals surface area contributed by atoms with E-state index < -0.39 is 30.3 Å². The molecule has 13 heteroatoms. The van der Waals surface area contributed by atoms with Crippen LogP contribution in [0.5, 0.6) is 5.75 Å². The summed E-state index contributed by atoms with van der Waals surface area (Å²) < 4.78 is 30.2. The molecule has 2 aromatic rings. The highest BCUT2D eigenvalue weighted by Gasteiger charge is 2.35. The second kappa shape index (κ2) is 12.0. The van der Waals surface area contributed by atoms with Crippen molar-refractivity contribution >= 4 is 17.5 Å². The van der Waals surface area contributed by atoms with Crippen molar-refractivity contribution in [2.45, 2.75) is 38.2 Å². The fourth-order valence-corrected chi connectivity index (χ4v) is 3.84. The molecule has 2 amide bonds. The van der Waals surface area contributed by atoms with E-state index in [0.717, 1.165) is 0 Å². The third kappa shape index (κ3) is 6.76.